The van der Waals surface area contributed by atoms with Crippen LogP contribution in [0.4, 0.5) is 0 Å². The Morgan fingerprint density at radius 1 is 0.874 bits per heavy atom. The normalized spacial score (nSPS) is 51.1. The highest BCUT2D eigenvalue weighted by atomic mass is 16.5. The summed E-state index contributed by atoms with van der Waals surface area (Å²) in [5.74, 6) is -1.46. The summed E-state index contributed by atoms with van der Waals surface area (Å²) < 4.78 is 14.5. The van der Waals surface area contributed by atoms with Gasteiger partial charge in [0.2, 0.25) is 0 Å². The lowest BCUT2D eigenvalue weighted by atomic mass is 9.30. The third kappa shape index (κ3) is 8.30. The molecule has 0 amide bonds. The molecule has 2 saturated heterocycles. The van der Waals surface area contributed by atoms with E-state index >= 15 is 15.0 Å². The Bertz CT molecular complexity index is 3000. The summed E-state index contributed by atoms with van der Waals surface area (Å²) in [5.41, 5.74) is -0.0226. The molecule has 16 rings (SSSR count). The zero-order valence-corrected chi connectivity index (χ0v) is 52.1. The number of ether oxygens (including phenoxy) is 2. The molecule has 9 fully saturated rings. The molecule has 2 bridgehead atoms. The SMILES string of the molecule is CCCC1CCC2OC3C(C(O)CCCC3(O)C(C)(O)C3CCC4(O)C5=C(NCC(C)O)C(=O)C6CC(O)C(O)CC67CC6(C8=C(CCCO)NC(N)C=C8)C=CC(O)(CC34C3CCC4CC8OC9CCCC9C9=CCC(=C98)CC4C3)C57C=C6)C2CC1. The van der Waals surface area contributed by atoms with Crippen LogP contribution in [-0.2, 0) is 14.3 Å². The molecule has 3 aliphatic heterocycles. The third-order valence-electron chi connectivity index (χ3n) is 28.0. The van der Waals surface area contributed by atoms with Gasteiger partial charge in [0.1, 0.15) is 5.60 Å². The van der Waals surface area contributed by atoms with Crippen LogP contribution >= 0.6 is 0 Å². The highest BCUT2D eigenvalue weighted by Crippen LogP contribution is 2.83. The Kier molecular flexibility index (Phi) is 14.7. The fraction of sp³-hybridized carbons (Fsp3) is 0.792. The molecule has 0 aromatic heterocycles. The first-order valence-corrected chi connectivity index (χ1v) is 35.0. The van der Waals surface area contributed by atoms with E-state index in [2.05, 4.69) is 41.9 Å². The molecular weight excluding hydrogens is 1100 g/mol. The summed E-state index contributed by atoms with van der Waals surface area (Å²) in [4.78, 5) is 16.6. The Balaban J connectivity index is 0.941. The highest BCUT2D eigenvalue weighted by molar-refractivity contribution is 6.01. The monoisotopic (exact) mass is 1200 g/mol. The molecule has 15 heteroatoms. The summed E-state index contributed by atoms with van der Waals surface area (Å²) in [5, 5.41) is 125. The molecule has 0 radical (unpaired) electrons. The lowest BCUT2D eigenvalue weighted by molar-refractivity contribution is -0.286. The smallest absolute Gasteiger partial charge is 0.182 e. The number of hydrogen-bond donors (Lipinski definition) is 12. The number of carbonyl (C=O) groups is 1. The predicted molar refractivity (Wildman–Crippen MR) is 327 cm³/mol. The van der Waals surface area contributed by atoms with E-state index in [1.54, 1.807) is 13.8 Å². The van der Waals surface area contributed by atoms with Crippen LogP contribution in [0.2, 0.25) is 0 Å². The molecule has 13 N–H and O–H groups in total. The minimum Gasteiger partial charge on any atom is -0.396 e. The number of nitrogens with two attached hydrogens (primary N) is 1. The molecule has 13 aliphatic carbocycles. The van der Waals surface area contributed by atoms with Crippen molar-refractivity contribution in [2.75, 3.05) is 13.2 Å². The van der Waals surface area contributed by atoms with Gasteiger partial charge in [-0.3, -0.25) is 4.79 Å². The predicted octanol–water partition coefficient (Wildman–Crippen LogP) is 7.18. The lowest BCUT2D eigenvalue weighted by Crippen LogP contribution is -2.78. The van der Waals surface area contributed by atoms with Crippen LogP contribution in [0.15, 0.2) is 81.8 Å². The molecule has 26 unspecified atom stereocenters. The average molecular weight is 1200 g/mol. The van der Waals surface area contributed by atoms with Crippen molar-refractivity contribution in [3.05, 3.63) is 81.8 Å². The van der Waals surface area contributed by atoms with E-state index in [9.17, 15) is 35.7 Å². The highest BCUT2D eigenvalue weighted by Gasteiger charge is 2.85. The standard InChI is InChI=1S/C72H103N3O12/c1-4-8-40-13-18-47-55(21-14-40)87-64-60(47)51(78)11-6-24-72(64,85)65(3,82)57-23-25-71(84)63-61(74-36-39(2)77)62(81)49-34-52(79)53(80)35-67(49)37-66(48-20-22-58(73)75-50(48)10-7-30-76)26-28-68(83,70(63,67)29-27-66)38-69(57,71)44-17-15-41-33-56-59-42(31-43(41)32-44)16-19-46(59)45-9-5-12-54(45)86-56/h19-20,22,26-29,39-41,43-45,47,49,51-58,60,64,74-80,82-85H,4-18,21,23-25,30-38,73H2,1-3H3. The molecule has 87 heavy (non-hydrogen) atoms. The van der Waals surface area contributed by atoms with Gasteiger partial charge in [-0.25, -0.2) is 0 Å². The van der Waals surface area contributed by atoms with E-state index in [0.29, 0.717) is 61.9 Å². The van der Waals surface area contributed by atoms with Crippen LogP contribution in [0.1, 0.15) is 188 Å². The molecule has 15 nitrogen and oxygen atoms in total. The number of aliphatic hydroxyl groups is 9. The second-order valence-electron chi connectivity index (χ2n) is 31.9. The number of rotatable bonds is 12. The van der Waals surface area contributed by atoms with E-state index in [1.807, 2.05) is 18.2 Å². The fourth-order valence-electron chi connectivity index (χ4n) is 24.6. The summed E-state index contributed by atoms with van der Waals surface area (Å²) in [7, 11) is 0. The first-order valence-electron chi connectivity index (χ1n) is 35.0. The summed E-state index contributed by atoms with van der Waals surface area (Å²) in [6.45, 7) is 5.58. The second kappa shape index (κ2) is 21.3. The van der Waals surface area contributed by atoms with E-state index < -0.39 is 98.5 Å². The first-order chi connectivity index (χ1) is 41.6. The largest absolute Gasteiger partial charge is 0.396 e. The van der Waals surface area contributed by atoms with Crippen molar-refractivity contribution < 1.29 is 60.2 Å². The van der Waals surface area contributed by atoms with Crippen LogP contribution < -0.4 is 16.4 Å². The number of hydrogen-bond acceptors (Lipinski definition) is 15. The Labute approximate surface area is 515 Å². The summed E-state index contributed by atoms with van der Waals surface area (Å²) >= 11 is 0. The Hall–Kier alpha value is -3.03. The van der Waals surface area contributed by atoms with Gasteiger partial charge >= 0.3 is 0 Å². The van der Waals surface area contributed by atoms with Crippen LogP contribution in [0.25, 0.3) is 0 Å². The molecule has 26 atom stereocenters. The van der Waals surface area contributed by atoms with Crippen molar-refractivity contribution in [2.24, 2.45) is 80.7 Å². The van der Waals surface area contributed by atoms with Gasteiger partial charge in [-0.2, -0.15) is 0 Å². The van der Waals surface area contributed by atoms with Crippen LogP contribution in [0.5, 0.6) is 0 Å². The second-order valence-corrected chi connectivity index (χ2v) is 31.9. The fourth-order valence-corrected chi connectivity index (χ4v) is 24.6. The average Bonchev–Trinajstić information content (AvgIpc) is 1.61. The molecule has 16 aliphatic rings. The molecular formula is C72H103N3O12. The molecule has 3 heterocycles. The van der Waals surface area contributed by atoms with Gasteiger partial charge < -0.3 is 71.8 Å². The number of nitrogens with one attached hydrogen (secondary N) is 2. The van der Waals surface area contributed by atoms with Crippen LogP contribution in [0.3, 0.4) is 0 Å². The number of carbonyl (C=O) groups excluding carboxylic acids is 1. The Morgan fingerprint density at radius 2 is 1.69 bits per heavy atom. The first kappa shape index (κ1) is 60.2. The van der Waals surface area contributed by atoms with Crippen molar-refractivity contribution in [1.29, 1.82) is 0 Å². The van der Waals surface area contributed by atoms with Crippen molar-refractivity contribution in [3.63, 3.8) is 0 Å². The van der Waals surface area contributed by atoms with Crippen molar-refractivity contribution in [2.45, 2.75) is 265 Å². The maximum absolute atomic E-state index is 16.6. The number of fused-ring (bicyclic) bond motifs is 8. The number of dihydropyridines is 1. The summed E-state index contributed by atoms with van der Waals surface area (Å²) in [6, 6.07) is 0. The quantitative estimate of drug-likeness (QED) is 0.0863. The Morgan fingerprint density at radius 3 is 2.49 bits per heavy atom. The maximum Gasteiger partial charge on any atom is 0.182 e. The van der Waals surface area contributed by atoms with Gasteiger partial charge in [0.15, 0.2) is 5.78 Å². The number of allylic oxidation sites excluding steroid dienone is 8. The molecule has 478 valence electrons. The maximum atomic E-state index is 16.6. The van der Waals surface area contributed by atoms with Crippen molar-refractivity contribution in [3.8, 4) is 0 Å². The minimum atomic E-state index is -2.00. The van der Waals surface area contributed by atoms with E-state index in [-0.39, 0.29) is 106 Å². The van der Waals surface area contributed by atoms with Crippen molar-refractivity contribution in [1.82, 2.24) is 10.6 Å². The van der Waals surface area contributed by atoms with Gasteiger partial charge in [-0.1, -0.05) is 74.6 Å². The lowest BCUT2D eigenvalue weighted by Gasteiger charge is -2.74. The third-order valence-corrected chi connectivity index (χ3v) is 28.0. The van der Waals surface area contributed by atoms with Crippen molar-refractivity contribution >= 4 is 5.78 Å². The van der Waals surface area contributed by atoms with Gasteiger partial charge in [0.05, 0.1) is 82.9 Å². The number of ketones is 1. The number of aliphatic hydroxyl groups excluding tert-OH is 5. The topological polar surface area (TPSA) is 268 Å². The van der Waals surface area contributed by atoms with E-state index in [0.717, 1.165) is 88.3 Å². The molecule has 2 spiro atoms. The zero-order chi connectivity index (χ0) is 60.6. The van der Waals surface area contributed by atoms with Crippen LogP contribution in [0, 0.1) is 74.9 Å². The van der Waals surface area contributed by atoms with Crippen LogP contribution in [-0.4, -0.2) is 142 Å². The van der Waals surface area contributed by atoms with E-state index in [4.69, 9.17) is 15.2 Å². The van der Waals surface area contributed by atoms with Gasteiger partial charge in [-0.15, -0.1) is 0 Å². The molecule has 0 aromatic carbocycles. The number of Topliss-reactive ketones (excluding diaryl/α,β-unsaturated/α-hetero) is 1. The van der Waals surface area contributed by atoms with Gasteiger partial charge in [0.25, 0.3) is 0 Å². The molecule has 0 aromatic rings. The van der Waals surface area contributed by atoms with Gasteiger partial charge in [0, 0.05) is 58.4 Å². The molecule has 7 saturated carbocycles. The zero-order valence-electron chi connectivity index (χ0n) is 52.1. The van der Waals surface area contributed by atoms with E-state index in [1.165, 1.54) is 23.1 Å². The summed E-state index contributed by atoms with van der Waals surface area (Å²) in [6.07, 6.45) is 25.7. The minimum absolute atomic E-state index is 0.0000557. The van der Waals surface area contributed by atoms with Gasteiger partial charge in [-0.05, 0) is 213 Å².